The Labute approximate surface area is 119 Å². The highest BCUT2D eigenvalue weighted by molar-refractivity contribution is 5.68. The molecule has 0 atom stereocenters. The highest BCUT2D eigenvalue weighted by Gasteiger charge is 2.14. The number of hydrogen-bond donors (Lipinski definition) is 2. The fourth-order valence-electron chi connectivity index (χ4n) is 1.43. The van der Waals surface area contributed by atoms with E-state index < -0.39 is 11.7 Å². The molecule has 1 rings (SSSR count). The van der Waals surface area contributed by atoms with Crippen LogP contribution < -0.4 is 10.1 Å². The second kappa shape index (κ2) is 6.84. The van der Waals surface area contributed by atoms with Crippen LogP contribution in [0.2, 0.25) is 0 Å². The number of rotatable bonds is 4. The Morgan fingerprint density at radius 3 is 2.65 bits per heavy atom. The first kappa shape index (κ1) is 15.9. The first-order valence-electron chi connectivity index (χ1n) is 6.32. The predicted octanol–water partition coefficient (Wildman–Crippen LogP) is 2.94. The summed E-state index contributed by atoms with van der Waals surface area (Å²) in [6, 6.07) is 5.01. The Morgan fingerprint density at radius 2 is 2.10 bits per heavy atom. The number of amides is 1. The van der Waals surface area contributed by atoms with Crippen molar-refractivity contribution in [1.29, 1.82) is 0 Å². The molecule has 0 bridgehead atoms. The number of carbonyl (C=O) groups is 1. The van der Waals surface area contributed by atoms with Gasteiger partial charge >= 0.3 is 6.09 Å². The van der Waals surface area contributed by atoms with E-state index >= 15 is 0 Å². The van der Waals surface area contributed by atoms with Crippen molar-refractivity contribution in [3.05, 3.63) is 29.8 Å². The number of nitrogens with one attached hydrogen (secondary N) is 1. The number of ether oxygens (including phenoxy) is 2. The van der Waals surface area contributed by atoms with Crippen LogP contribution in [0, 0.1) is 0 Å². The van der Waals surface area contributed by atoms with Gasteiger partial charge in [0.1, 0.15) is 17.1 Å². The summed E-state index contributed by atoms with van der Waals surface area (Å²) in [5, 5.41) is 12.3. The molecule has 0 fully saturated rings. The average Bonchev–Trinajstić information content (AvgIpc) is 2.33. The van der Waals surface area contributed by atoms with E-state index in [1.165, 1.54) is 13.2 Å². The van der Waals surface area contributed by atoms with Gasteiger partial charge in [-0.1, -0.05) is 12.2 Å². The molecule has 0 heterocycles. The molecule has 0 aliphatic heterocycles. The van der Waals surface area contributed by atoms with Gasteiger partial charge in [0.2, 0.25) is 0 Å². The number of phenols is 1. The molecule has 0 saturated carbocycles. The Kier molecular flexibility index (Phi) is 5.43. The fraction of sp³-hybridized carbons (Fsp3) is 0.400. The van der Waals surface area contributed by atoms with Gasteiger partial charge < -0.3 is 19.9 Å². The minimum atomic E-state index is -0.512. The molecule has 110 valence electrons. The Hall–Kier alpha value is -2.17. The van der Waals surface area contributed by atoms with Gasteiger partial charge in [-0.05, 0) is 32.9 Å². The minimum absolute atomic E-state index is 0.123. The number of carbonyl (C=O) groups excluding carboxylic acids is 1. The second-order valence-electron chi connectivity index (χ2n) is 5.21. The van der Waals surface area contributed by atoms with Crippen molar-refractivity contribution in [2.24, 2.45) is 0 Å². The zero-order valence-corrected chi connectivity index (χ0v) is 12.3. The summed E-state index contributed by atoms with van der Waals surface area (Å²) in [5.74, 6) is 0.712. The van der Waals surface area contributed by atoms with Crippen LogP contribution in [0.15, 0.2) is 24.3 Å². The van der Waals surface area contributed by atoms with Crippen molar-refractivity contribution < 1.29 is 19.4 Å². The molecule has 20 heavy (non-hydrogen) atoms. The van der Waals surface area contributed by atoms with Gasteiger partial charge in [-0.3, -0.25) is 0 Å². The lowest BCUT2D eigenvalue weighted by Crippen LogP contribution is -2.32. The number of phenolic OH excluding ortho intramolecular Hbond substituents is 1. The first-order chi connectivity index (χ1) is 9.31. The summed E-state index contributed by atoms with van der Waals surface area (Å²) < 4.78 is 10.1. The number of hydrogen-bond acceptors (Lipinski definition) is 4. The zero-order valence-electron chi connectivity index (χ0n) is 12.3. The molecule has 1 amide bonds. The van der Waals surface area contributed by atoms with Crippen molar-refractivity contribution in [2.75, 3.05) is 13.7 Å². The summed E-state index contributed by atoms with van der Waals surface area (Å²) in [6.45, 7) is 5.73. The van der Waals surface area contributed by atoms with Gasteiger partial charge in [-0.25, -0.2) is 4.79 Å². The smallest absolute Gasteiger partial charge is 0.407 e. The predicted molar refractivity (Wildman–Crippen MR) is 77.9 cm³/mol. The standard InChI is InChI=1S/C15H21NO4/c1-15(2,3)20-14(18)16-9-5-6-11-7-8-12(19-4)10-13(11)17/h5-8,10,17H,9H2,1-4H3,(H,16,18). The van der Waals surface area contributed by atoms with E-state index in [1.54, 1.807) is 45.1 Å². The molecule has 5 nitrogen and oxygen atoms in total. The van der Waals surface area contributed by atoms with Crippen molar-refractivity contribution in [3.63, 3.8) is 0 Å². The highest BCUT2D eigenvalue weighted by Crippen LogP contribution is 2.24. The number of methoxy groups -OCH3 is 1. The number of benzene rings is 1. The number of aromatic hydroxyl groups is 1. The molecule has 0 saturated heterocycles. The third-order valence-electron chi connectivity index (χ3n) is 2.30. The minimum Gasteiger partial charge on any atom is -0.507 e. The van der Waals surface area contributed by atoms with Gasteiger partial charge in [-0.15, -0.1) is 0 Å². The van der Waals surface area contributed by atoms with Gasteiger partial charge in [0.05, 0.1) is 7.11 Å². The average molecular weight is 279 g/mol. The lowest BCUT2D eigenvalue weighted by Gasteiger charge is -2.19. The molecule has 0 unspecified atom stereocenters. The molecule has 1 aromatic carbocycles. The lowest BCUT2D eigenvalue weighted by atomic mass is 10.2. The highest BCUT2D eigenvalue weighted by atomic mass is 16.6. The van der Waals surface area contributed by atoms with E-state index in [1.807, 2.05) is 0 Å². The Morgan fingerprint density at radius 1 is 1.40 bits per heavy atom. The molecule has 0 aliphatic rings. The molecule has 0 aliphatic carbocycles. The molecule has 0 radical (unpaired) electrons. The van der Waals surface area contributed by atoms with E-state index in [9.17, 15) is 9.90 Å². The molecular weight excluding hydrogens is 258 g/mol. The van der Waals surface area contributed by atoms with Gasteiger partial charge in [-0.2, -0.15) is 0 Å². The summed E-state index contributed by atoms with van der Waals surface area (Å²) in [7, 11) is 1.54. The third kappa shape index (κ3) is 5.65. The van der Waals surface area contributed by atoms with Gasteiger partial charge in [0, 0.05) is 18.2 Å². The first-order valence-corrected chi connectivity index (χ1v) is 6.32. The van der Waals surface area contributed by atoms with E-state index in [-0.39, 0.29) is 5.75 Å². The van der Waals surface area contributed by atoms with Crippen molar-refractivity contribution in [3.8, 4) is 11.5 Å². The molecule has 2 N–H and O–H groups in total. The SMILES string of the molecule is COc1ccc(C=CCNC(=O)OC(C)(C)C)c(O)c1. The molecule has 0 spiro atoms. The second-order valence-corrected chi connectivity index (χ2v) is 5.21. The normalized spacial score (nSPS) is 11.4. The summed E-state index contributed by atoms with van der Waals surface area (Å²) in [4.78, 5) is 11.4. The van der Waals surface area contributed by atoms with Crippen LogP contribution in [0.4, 0.5) is 4.79 Å². The van der Waals surface area contributed by atoms with E-state index in [0.29, 0.717) is 17.9 Å². The summed E-state index contributed by atoms with van der Waals surface area (Å²) in [6.07, 6.45) is 2.97. The van der Waals surface area contributed by atoms with E-state index in [4.69, 9.17) is 9.47 Å². The van der Waals surface area contributed by atoms with Crippen LogP contribution in [0.5, 0.6) is 11.5 Å². The van der Waals surface area contributed by atoms with Gasteiger partial charge in [0.15, 0.2) is 0 Å². The van der Waals surface area contributed by atoms with Crippen LogP contribution in [0.25, 0.3) is 6.08 Å². The summed E-state index contributed by atoms with van der Waals surface area (Å²) in [5.41, 5.74) is 0.138. The monoisotopic (exact) mass is 279 g/mol. The van der Waals surface area contributed by atoms with Crippen molar-refractivity contribution in [2.45, 2.75) is 26.4 Å². The van der Waals surface area contributed by atoms with Crippen molar-refractivity contribution in [1.82, 2.24) is 5.32 Å². The van der Waals surface area contributed by atoms with E-state index in [0.717, 1.165) is 0 Å². The van der Waals surface area contributed by atoms with E-state index in [2.05, 4.69) is 5.32 Å². The fourth-order valence-corrected chi connectivity index (χ4v) is 1.43. The molecule has 5 heteroatoms. The Balaban J connectivity index is 2.48. The maximum atomic E-state index is 11.4. The number of alkyl carbamates (subject to hydrolysis) is 1. The maximum Gasteiger partial charge on any atom is 0.407 e. The molecule has 0 aromatic heterocycles. The van der Waals surface area contributed by atoms with Crippen LogP contribution in [0.1, 0.15) is 26.3 Å². The quantitative estimate of drug-likeness (QED) is 0.889. The van der Waals surface area contributed by atoms with Crippen LogP contribution >= 0.6 is 0 Å². The molecule has 1 aromatic rings. The van der Waals surface area contributed by atoms with Crippen LogP contribution in [-0.4, -0.2) is 30.5 Å². The zero-order chi connectivity index (χ0) is 15.2. The van der Waals surface area contributed by atoms with Crippen molar-refractivity contribution >= 4 is 12.2 Å². The van der Waals surface area contributed by atoms with Gasteiger partial charge in [0.25, 0.3) is 0 Å². The lowest BCUT2D eigenvalue weighted by molar-refractivity contribution is 0.0534. The van der Waals surface area contributed by atoms with Crippen LogP contribution in [0.3, 0.4) is 0 Å². The Bertz CT molecular complexity index is 489. The largest absolute Gasteiger partial charge is 0.507 e. The summed E-state index contributed by atoms with van der Waals surface area (Å²) >= 11 is 0. The topological polar surface area (TPSA) is 67.8 Å². The maximum absolute atomic E-state index is 11.4. The molecular formula is C15H21NO4. The third-order valence-corrected chi connectivity index (χ3v) is 2.30. The van der Waals surface area contributed by atoms with Crippen LogP contribution in [-0.2, 0) is 4.74 Å².